The molecule has 0 bridgehead atoms. The van der Waals surface area contributed by atoms with E-state index < -0.39 is 12.7 Å². The van der Waals surface area contributed by atoms with Crippen LogP contribution in [0.1, 0.15) is 5.56 Å². The van der Waals surface area contributed by atoms with Gasteiger partial charge in [-0.25, -0.2) is 4.57 Å². The summed E-state index contributed by atoms with van der Waals surface area (Å²) in [6.45, 7) is -0.311. The molecule has 7 nitrogen and oxygen atoms in total. The van der Waals surface area contributed by atoms with Crippen molar-refractivity contribution in [3.8, 4) is 11.5 Å². The quantitative estimate of drug-likeness (QED) is 0.294. The number of phosphoric acid groups is 1. The monoisotopic (exact) mass is 385 g/mol. The number of para-hydroxylation sites is 3. The summed E-state index contributed by atoms with van der Waals surface area (Å²) in [7, 11) is -4.10. The Morgan fingerprint density at radius 1 is 0.778 bits per heavy atom. The lowest BCUT2D eigenvalue weighted by molar-refractivity contribution is -0.385. The summed E-state index contributed by atoms with van der Waals surface area (Å²) in [5.74, 6) is 0.582. The Bertz CT molecular complexity index is 903. The number of hydrogen-bond acceptors (Lipinski definition) is 6. The fraction of sp³-hybridized carbons (Fsp3) is 0.0526. The molecule has 0 heterocycles. The fourth-order valence-electron chi connectivity index (χ4n) is 2.25. The van der Waals surface area contributed by atoms with Crippen molar-refractivity contribution in [2.24, 2.45) is 0 Å². The second-order valence-electron chi connectivity index (χ2n) is 5.42. The normalized spacial score (nSPS) is 11.0. The highest BCUT2D eigenvalue weighted by Gasteiger charge is 2.32. The Hall–Kier alpha value is -3.15. The molecule has 0 fully saturated rings. The third-order valence-corrected chi connectivity index (χ3v) is 4.80. The second-order valence-corrected chi connectivity index (χ2v) is 6.93. The molecule has 0 amide bonds. The van der Waals surface area contributed by atoms with E-state index in [1.807, 2.05) is 0 Å². The molecule has 27 heavy (non-hydrogen) atoms. The minimum atomic E-state index is -4.10. The van der Waals surface area contributed by atoms with Crippen LogP contribution in [0.15, 0.2) is 84.9 Å². The molecule has 3 rings (SSSR count). The van der Waals surface area contributed by atoms with E-state index in [9.17, 15) is 14.7 Å². The van der Waals surface area contributed by atoms with Gasteiger partial charge in [0, 0.05) is 6.07 Å². The first kappa shape index (κ1) is 18.6. The number of rotatable bonds is 8. The molecule has 138 valence electrons. The number of nitrogens with zero attached hydrogens (tertiary/aromatic N) is 1. The molecule has 0 aliphatic heterocycles. The zero-order valence-corrected chi connectivity index (χ0v) is 15.0. The lowest BCUT2D eigenvalue weighted by Crippen LogP contribution is -2.06. The van der Waals surface area contributed by atoms with E-state index in [0.717, 1.165) is 0 Å². The molecule has 0 N–H and O–H groups in total. The van der Waals surface area contributed by atoms with E-state index in [2.05, 4.69) is 0 Å². The van der Waals surface area contributed by atoms with Crippen molar-refractivity contribution in [3.63, 3.8) is 0 Å². The predicted octanol–water partition coefficient (Wildman–Crippen LogP) is 5.38. The van der Waals surface area contributed by atoms with Crippen molar-refractivity contribution < 1.29 is 23.1 Å². The Morgan fingerprint density at radius 3 is 1.78 bits per heavy atom. The first-order valence-electron chi connectivity index (χ1n) is 8.02. The van der Waals surface area contributed by atoms with Crippen LogP contribution in [0.4, 0.5) is 5.69 Å². The van der Waals surface area contributed by atoms with Crippen molar-refractivity contribution >= 4 is 13.5 Å². The highest BCUT2D eigenvalue weighted by atomic mass is 31.2. The van der Waals surface area contributed by atoms with E-state index in [1.54, 1.807) is 72.8 Å². The molecule has 0 aromatic heterocycles. The van der Waals surface area contributed by atoms with Crippen molar-refractivity contribution in [2.45, 2.75) is 6.61 Å². The van der Waals surface area contributed by atoms with Gasteiger partial charge in [0.05, 0.1) is 17.1 Å². The third-order valence-electron chi connectivity index (χ3n) is 3.49. The Labute approximate surface area is 155 Å². The zero-order chi connectivity index (χ0) is 19.1. The van der Waals surface area contributed by atoms with Gasteiger partial charge in [-0.15, -0.1) is 0 Å². The predicted molar refractivity (Wildman–Crippen MR) is 99.6 cm³/mol. The first-order chi connectivity index (χ1) is 13.1. The largest absolute Gasteiger partial charge is 0.587 e. The van der Waals surface area contributed by atoms with Crippen LogP contribution in [-0.4, -0.2) is 4.92 Å². The van der Waals surface area contributed by atoms with Gasteiger partial charge in [0.15, 0.2) is 0 Å². The molecular formula is C19H16NO6P. The van der Waals surface area contributed by atoms with Crippen molar-refractivity contribution in [1.29, 1.82) is 0 Å². The van der Waals surface area contributed by atoms with Crippen LogP contribution >= 0.6 is 7.82 Å². The van der Waals surface area contributed by atoms with Gasteiger partial charge < -0.3 is 9.05 Å². The molecule has 3 aromatic carbocycles. The molecule has 0 atom stereocenters. The summed E-state index contributed by atoms with van der Waals surface area (Å²) in [6, 6.07) is 22.9. The molecule has 0 spiro atoms. The Balaban J connectivity index is 1.83. The maximum Gasteiger partial charge on any atom is 0.587 e. The van der Waals surface area contributed by atoms with Crippen LogP contribution in [0.3, 0.4) is 0 Å². The highest BCUT2D eigenvalue weighted by Crippen LogP contribution is 2.50. The highest BCUT2D eigenvalue weighted by molar-refractivity contribution is 7.49. The van der Waals surface area contributed by atoms with Gasteiger partial charge >= 0.3 is 7.82 Å². The van der Waals surface area contributed by atoms with Crippen LogP contribution < -0.4 is 9.05 Å². The number of phosphoric ester groups is 1. The van der Waals surface area contributed by atoms with E-state index in [1.165, 1.54) is 12.1 Å². The molecule has 0 radical (unpaired) electrons. The smallest absolute Gasteiger partial charge is 0.395 e. The van der Waals surface area contributed by atoms with E-state index >= 15 is 0 Å². The van der Waals surface area contributed by atoms with Gasteiger partial charge in [-0.05, 0) is 30.3 Å². The average molecular weight is 385 g/mol. The van der Waals surface area contributed by atoms with E-state index in [0.29, 0.717) is 11.5 Å². The van der Waals surface area contributed by atoms with Gasteiger partial charge in [0.2, 0.25) is 0 Å². The standard InChI is InChI=1S/C19H16NO6P/c21-20(22)19-14-8-7-9-16(19)15-24-27(23,25-17-10-3-1-4-11-17)26-18-12-5-2-6-13-18/h1-14H,15H2. The number of nitro groups is 1. The summed E-state index contributed by atoms with van der Waals surface area (Å²) in [5.41, 5.74) is 0.125. The molecule has 8 heteroatoms. The van der Waals surface area contributed by atoms with Gasteiger partial charge in [0.25, 0.3) is 5.69 Å². The number of nitro benzene ring substituents is 1. The van der Waals surface area contributed by atoms with Crippen LogP contribution in [0, 0.1) is 10.1 Å². The summed E-state index contributed by atoms with van der Waals surface area (Å²) in [6.07, 6.45) is 0. The summed E-state index contributed by atoms with van der Waals surface area (Å²) in [5, 5.41) is 11.1. The minimum Gasteiger partial charge on any atom is -0.395 e. The fourth-order valence-corrected chi connectivity index (χ4v) is 3.45. The topological polar surface area (TPSA) is 87.9 Å². The minimum absolute atomic E-state index is 0.136. The van der Waals surface area contributed by atoms with Gasteiger partial charge in [-0.1, -0.05) is 48.5 Å². The summed E-state index contributed by atoms with van der Waals surface area (Å²) in [4.78, 5) is 10.6. The molecule has 0 aliphatic rings. The van der Waals surface area contributed by atoms with Gasteiger partial charge in [-0.2, -0.15) is 0 Å². The van der Waals surface area contributed by atoms with Crippen LogP contribution in [0.25, 0.3) is 0 Å². The van der Waals surface area contributed by atoms with Crippen LogP contribution in [-0.2, 0) is 15.7 Å². The summed E-state index contributed by atoms with van der Waals surface area (Å²) >= 11 is 0. The molecule has 0 saturated heterocycles. The lowest BCUT2D eigenvalue weighted by Gasteiger charge is -2.19. The molecule has 0 aliphatic carbocycles. The van der Waals surface area contributed by atoms with Crippen LogP contribution in [0.5, 0.6) is 11.5 Å². The van der Waals surface area contributed by atoms with Gasteiger partial charge in [-0.3, -0.25) is 14.6 Å². The summed E-state index contributed by atoms with van der Waals surface area (Å²) < 4.78 is 29.5. The molecular weight excluding hydrogens is 369 g/mol. The first-order valence-corrected chi connectivity index (χ1v) is 9.48. The third kappa shape index (κ3) is 5.17. The van der Waals surface area contributed by atoms with Crippen molar-refractivity contribution in [3.05, 3.63) is 101 Å². The molecule has 3 aromatic rings. The van der Waals surface area contributed by atoms with E-state index in [-0.39, 0.29) is 17.9 Å². The number of benzene rings is 3. The van der Waals surface area contributed by atoms with Crippen molar-refractivity contribution in [2.75, 3.05) is 0 Å². The Morgan fingerprint density at radius 2 is 1.26 bits per heavy atom. The average Bonchev–Trinajstić information content (AvgIpc) is 2.68. The Kier molecular flexibility index (Phi) is 5.86. The van der Waals surface area contributed by atoms with E-state index in [4.69, 9.17) is 13.6 Å². The lowest BCUT2D eigenvalue weighted by atomic mass is 10.2. The maximum atomic E-state index is 13.2. The zero-order valence-electron chi connectivity index (χ0n) is 14.1. The number of hydrogen-bond donors (Lipinski definition) is 0. The SMILES string of the molecule is O=[N+]([O-])c1ccccc1COP(=O)(Oc1ccccc1)Oc1ccccc1. The molecule has 0 saturated carbocycles. The second kappa shape index (κ2) is 8.49. The van der Waals surface area contributed by atoms with Crippen LogP contribution in [0.2, 0.25) is 0 Å². The van der Waals surface area contributed by atoms with Gasteiger partial charge in [0.1, 0.15) is 11.5 Å². The maximum absolute atomic E-state index is 13.2. The van der Waals surface area contributed by atoms with Crippen molar-refractivity contribution in [1.82, 2.24) is 0 Å². The molecule has 0 unspecified atom stereocenters.